The Hall–Kier alpha value is -2.69. The third-order valence-corrected chi connectivity index (χ3v) is 4.61. The molecule has 2 aliphatic heterocycles. The number of hydrogen-bond acceptors (Lipinski definition) is 5. The van der Waals surface area contributed by atoms with Gasteiger partial charge in [-0.2, -0.15) is 0 Å². The quantitative estimate of drug-likeness (QED) is 0.533. The van der Waals surface area contributed by atoms with E-state index in [0.717, 1.165) is 16.7 Å². The number of fused-ring (bicyclic) bond motifs is 6. The highest BCUT2D eigenvalue weighted by atomic mass is 16.6. The van der Waals surface area contributed by atoms with Gasteiger partial charge in [-0.05, 0) is 23.3 Å². The van der Waals surface area contributed by atoms with E-state index in [4.69, 9.17) is 4.74 Å². The Morgan fingerprint density at radius 1 is 0.857 bits per heavy atom. The van der Waals surface area contributed by atoms with Crippen molar-refractivity contribution in [2.45, 2.75) is 11.8 Å². The van der Waals surface area contributed by atoms with Crippen LogP contribution in [0.3, 0.4) is 0 Å². The predicted octanol–water partition coefficient (Wildman–Crippen LogP) is 1.60. The molecule has 2 atom stereocenters. The SMILES string of the molecule is O=C1OCC2=CC3c4cc5c(cc4C3C=C12)C(=O)OC5=O. The number of hydrogen-bond donors (Lipinski definition) is 0. The van der Waals surface area contributed by atoms with Gasteiger partial charge in [-0.3, -0.25) is 0 Å². The molecule has 0 aromatic heterocycles. The Morgan fingerprint density at radius 2 is 1.48 bits per heavy atom. The zero-order valence-electron chi connectivity index (χ0n) is 10.7. The number of esters is 3. The summed E-state index contributed by atoms with van der Waals surface area (Å²) in [4.78, 5) is 34.9. The van der Waals surface area contributed by atoms with E-state index in [1.54, 1.807) is 12.1 Å². The zero-order chi connectivity index (χ0) is 14.3. The number of allylic oxidation sites excluding steroid dienone is 2. The first kappa shape index (κ1) is 11.0. The van der Waals surface area contributed by atoms with Crippen LogP contribution in [0.25, 0.3) is 0 Å². The lowest BCUT2D eigenvalue weighted by Crippen LogP contribution is -2.26. The molecule has 5 nitrogen and oxygen atoms in total. The third kappa shape index (κ3) is 1.19. The minimum absolute atomic E-state index is 0.0678. The lowest BCUT2D eigenvalue weighted by Gasteiger charge is -2.39. The summed E-state index contributed by atoms with van der Waals surface area (Å²) in [5, 5.41) is 0. The van der Waals surface area contributed by atoms with Gasteiger partial charge in [-0.15, -0.1) is 0 Å². The molecule has 2 unspecified atom stereocenters. The molecular weight excluding hydrogens is 272 g/mol. The number of carbonyl (C=O) groups is 3. The van der Waals surface area contributed by atoms with Gasteiger partial charge in [0.2, 0.25) is 0 Å². The minimum atomic E-state index is -0.596. The lowest BCUT2D eigenvalue weighted by atomic mass is 9.63. The van der Waals surface area contributed by atoms with Crippen molar-refractivity contribution >= 4 is 17.9 Å². The minimum Gasteiger partial charge on any atom is -0.457 e. The number of rotatable bonds is 0. The van der Waals surface area contributed by atoms with E-state index in [9.17, 15) is 14.4 Å². The maximum absolute atomic E-state index is 11.6. The molecule has 5 heteroatoms. The van der Waals surface area contributed by atoms with E-state index >= 15 is 0 Å². The molecule has 1 aromatic carbocycles. The highest BCUT2D eigenvalue weighted by Gasteiger charge is 2.44. The summed E-state index contributed by atoms with van der Waals surface area (Å²) in [6, 6.07) is 3.46. The van der Waals surface area contributed by atoms with E-state index in [1.807, 2.05) is 12.2 Å². The van der Waals surface area contributed by atoms with E-state index in [0.29, 0.717) is 23.3 Å². The smallest absolute Gasteiger partial charge is 0.346 e. The van der Waals surface area contributed by atoms with Gasteiger partial charge in [0.25, 0.3) is 0 Å². The molecule has 21 heavy (non-hydrogen) atoms. The van der Waals surface area contributed by atoms with Gasteiger partial charge in [0.05, 0.1) is 16.7 Å². The standard InChI is InChI=1S/C16H8O5/c17-14-7-2-9-8(1-6(7)5-20-14)10-3-12-13(4-11(9)10)16(19)21-15(12)18/h1-4,8-9H,5H2. The van der Waals surface area contributed by atoms with E-state index in [2.05, 4.69) is 4.74 Å². The molecule has 0 amide bonds. The molecule has 1 aromatic rings. The molecule has 1 fully saturated rings. The van der Waals surface area contributed by atoms with Gasteiger partial charge >= 0.3 is 17.9 Å². The number of cyclic esters (lactones) is 3. The summed E-state index contributed by atoms with van der Waals surface area (Å²) in [6.07, 6.45) is 3.94. The normalized spacial score (nSPS) is 27.5. The van der Waals surface area contributed by atoms with E-state index < -0.39 is 11.9 Å². The van der Waals surface area contributed by atoms with Crippen molar-refractivity contribution in [3.05, 3.63) is 57.7 Å². The first-order valence-electron chi connectivity index (χ1n) is 6.68. The van der Waals surface area contributed by atoms with E-state index in [-0.39, 0.29) is 17.8 Å². The second-order valence-corrected chi connectivity index (χ2v) is 5.60. The van der Waals surface area contributed by atoms with Gasteiger partial charge in [0, 0.05) is 17.4 Å². The molecule has 0 N–H and O–H groups in total. The van der Waals surface area contributed by atoms with Crippen molar-refractivity contribution in [3.8, 4) is 0 Å². The fourth-order valence-corrected chi connectivity index (χ4v) is 3.56. The van der Waals surface area contributed by atoms with Crippen LogP contribution in [0.1, 0.15) is 43.7 Å². The largest absolute Gasteiger partial charge is 0.457 e. The fourth-order valence-electron chi connectivity index (χ4n) is 3.56. The summed E-state index contributed by atoms with van der Waals surface area (Å²) in [5.41, 5.74) is 4.19. The molecule has 4 aliphatic rings. The summed E-state index contributed by atoms with van der Waals surface area (Å²) < 4.78 is 9.66. The third-order valence-electron chi connectivity index (χ3n) is 4.61. The van der Waals surface area contributed by atoms with Crippen LogP contribution in [0.15, 0.2) is 35.4 Å². The predicted molar refractivity (Wildman–Crippen MR) is 68.8 cm³/mol. The molecule has 5 rings (SSSR count). The van der Waals surface area contributed by atoms with Crippen LogP contribution in [-0.2, 0) is 14.3 Å². The first-order chi connectivity index (χ1) is 10.1. The number of ether oxygens (including phenoxy) is 2. The highest BCUT2D eigenvalue weighted by molar-refractivity contribution is 6.15. The van der Waals surface area contributed by atoms with Gasteiger partial charge in [0.1, 0.15) is 6.61 Å². The summed E-state index contributed by atoms with van der Waals surface area (Å²) in [6.45, 7) is 0.314. The maximum atomic E-state index is 11.6. The van der Waals surface area contributed by atoms with Crippen molar-refractivity contribution in [1.29, 1.82) is 0 Å². The zero-order valence-corrected chi connectivity index (χ0v) is 10.7. The molecule has 0 spiro atoms. The molecule has 2 heterocycles. The second kappa shape index (κ2) is 3.31. The van der Waals surface area contributed by atoms with Gasteiger partial charge in [-0.1, -0.05) is 12.2 Å². The maximum Gasteiger partial charge on any atom is 0.346 e. The van der Waals surface area contributed by atoms with Crippen molar-refractivity contribution in [3.63, 3.8) is 0 Å². The Bertz CT molecular complexity index is 842. The Balaban J connectivity index is 1.68. The van der Waals surface area contributed by atoms with Crippen LogP contribution in [-0.4, -0.2) is 24.5 Å². The number of carbonyl (C=O) groups excluding carboxylic acids is 3. The van der Waals surface area contributed by atoms with Crippen LogP contribution < -0.4 is 0 Å². The van der Waals surface area contributed by atoms with Crippen LogP contribution in [0.5, 0.6) is 0 Å². The highest BCUT2D eigenvalue weighted by Crippen LogP contribution is 2.54. The van der Waals surface area contributed by atoms with Crippen LogP contribution in [0.2, 0.25) is 0 Å². The topological polar surface area (TPSA) is 69.7 Å². The van der Waals surface area contributed by atoms with Crippen molar-refractivity contribution in [2.75, 3.05) is 6.61 Å². The molecule has 0 radical (unpaired) electrons. The molecule has 2 aliphatic carbocycles. The van der Waals surface area contributed by atoms with Crippen LogP contribution in [0.4, 0.5) is 0 Å². The molecule has 1 saturated heterocycles. The summed E-state index contributed by atoms with van der Waals surface area (Å²) in [7, 11) is 0. The van der Waals surface area contributed by atoms with Gasteiger partial charge in [-0.25, -0.2) is 14.4 Å². The Morgan fingerprint density at radius 3 is 2.14 bits per heavy atom. The monoisotopic (exact) mass is 280 g/mol. The van der Waals surface area contributed by atoms with Crippen LogP contribution in [0, 0.1) is 0 Å². The second-order valence-electron chi connectivity index (χ2n) is 5.60. The average Bonchev–Trinajstić information content (AvgIpc) is 2.96. The molecule has 102 valence electrons. The van der Waals surface area contributed by atoms with E-state index in [1.165, 1.54) is 0 Å². The summed E-state index contributed by atoms with van der Waals surface area (Å²) >= 11 is 0. The van der Waals surface area contributed by atoms with Crippen LogP contribution >= 0.6 is 0 Å². The first-order valence-corrected chi connectivity index (χ1v) is 6.68. The lowest BCUT2D eigenvalue weighted by molar-refractivity contribution is -0.135. The van der Waals surface area contributed by atoms with Crippen molar-refractivity contribution in [2.24, 2.45) is 0 Å². The Labute approximate surface area is 118 Å². The Kier molecular flexibility index (Phi) is 1.74. The molecule has 0 bridgehead atoms. The van der Waals surface area contributed by atoms with Gasteiger partial charge < -0.3 is 9.47 Å². The average molecular weight is 280 g/mol. The van der Waals surface area contributed by atoms with Crippen molar-refractivity contribution in [1.82, 2.24) is 0 Å². The fraction of sp³-hybridized carbons (Fsp3) is 0.188. The summed E-state index contributed by atoms with van der Waals surface area (Å²) in [5.74, 6) is -1.26. The molecule has 0 saturated carbocycles. The van der Waals surface area contributed by atoms with Gasteiger partial charge in [0.15, 0.2) is 0 Å². The van der Waals surface area contributed by atoms with Crippen molar-refractivity contribution < 1.29 is 23.9 Å². The molecular formula is C16H8O5. The number of benzene rings is 1.